The highest BCUT2D eigenvalue weighted by Crippen LogP contribution is 2.64. The van der Waals surface area contributed by atoms with E-state index in [1.807, 2.05) is 27.7 Å². The van der Waals surface area contributed by atoms with Crippen molar-refractivity contribution >= 4 is 24.6 Å². The molecule has 0 radical (unpaired) electrons. The highest BCUT2D eigenvalue weighted by atomic mass is 19.1. The number of carboxylic acid groups (broad SMARTS) is 1. The van der Waals surface area contributed by atoms with Crippen LogP contribution in [0.2, 0.25) is 0 Å². The molecule has 6 unspecified atom stereocenters. The van der Waals surface area contributed by atoms with Gasteiger partial charge in [-0.15, -0.1) is 0 Å². The van der Waals surface area contributed by atoms with Crippen LogP contribution in [0.1, 0.15) is 94.4 Å². The Hall–Kier alpha value is -2.55. The minimum atomic E-state index is -1.18. The molecule has 1 saturated heterocycles. The van der Waals surface area contributed by atoms with E-state index >= 15 is 8.78 Å². The van der Waals surface area contributed by atoms with Gasteiger partial charge in [-0.2, -0.15) is 0 Å². The number of benzene rings is 2. The van der Waals surface area contributed by atoms with Gasteiger partial charge in [0.25, 0.3) is 0 Å². The van der Waals surface area contributed by atoms with Crippen molar-refractivity contribution in [3.8, 4) is 0 Å². The molecule has 218 valence electrons. The molecule has 0 aromatic heterocycles. The average molecular weight is 564 g/mol. The van der Waals surface area contributed by atoms with Crippen LogP contribution in [0, 0.1) is 28.9 Å². The maximum atomic E-state index is 15.9. The monoisotopic (exact) mass is 564 g/mol. The van der Waals surface area contributed by atoms with Gasteiger partial charge in [0.05, 0.1) is 17.3 Å². The summed E-state index contributed by atoms with van der Waals surface area (Å²) in [5, 5.41) is 20.0. The zero-order valence-electron chi connectivity index (χ0n) is 24.4. The van der Waals surface area contributed by atoms with Crippen molar-refractivity contribution in [3.63, 3.8) is 0 Å². The quantitative estimate of drug-likeness (QED) is 0.354. The zero-order valence-corrected chi connectivity index (χ0v) is 24.4. The van der Waals surface area contributed by atoms with Crippen molar-refractivity contribution in [1.29, 1.82) is 0 Å². The first-order valence-corrected chi connectivity index (χ1v) is 14.8. The number of aliphatic hydroxyl groups excluding tert-OH is 1. The van der Waals surface area contributed by atoms with Gasteiger partial charge in [0, 0.05) is 11.6 Å². The molecule has 2 N–H and O–H groups in total. The number of hydrogen-bond donors (Lipinski definition) is 2. The highest BCUT2D eigenvalue weighted by Gasteiger charge is 2.58. The van der Waals surface area contributed by atoms with Crippen LogP contribution in [0.25, 0.3) is 6.08 Å². The van der Waals surface area contributed by atoms with E-state index in [0.29, 0.717) is 12.8 Å². The predicted molar refractivity (Wildman–Crippen MR) is 154 cm³/mol. The molecule has 2 aromatic rings. The summed E-state index contributed by atoms with van der Waals surface area (Å²) >= 11 is 0. The summed E-state index contributed by atoms with van der Waals surface area (Å²) in [6, 6.07) is 8.78. The van der Waals surface area contributed by atoms with E-state index in [1.165, 1.54) is 23.8 Å². The van der Waals surface area contributed by atoms with Crippen molar-refractivity contribution in [3.05, 3.63) is 70.3 Å². The summed E-state index contributed by atoms with van der Waals surface area (Å²) in [6.45, 7) is 10.2. The fraction of sp³-hybridized carbons (Fsp3) is 0.545. The minimum Gasteiger partial charge on any atom is -0.478 e. The topological polar surface area (TPSA) is 76.0 Å². The van der Waals surface area contributed by atoms with E-state index in [2.05, 4.69) is 25.1 Å². The number of fused-ring (bicyclic) bond motifs is 5. The van der Waals surface area contributed by atoms with Crippen molar-refractivity contribution in [1.82, 2.24) is 0 Å². The van der Waals surface area contributed by atoms with Crippen LogP contribution in [-0.2, 0) is 20.5 Å². The third-order valence-corrected chi connectivity index (χ3v) is 11.2. The zero-order chi connectivity index (χ0) is 29.5. The molecule has 1 aliphatic heterocycles. The van der Waals surface area contributed by atoms with Gasteiger partial charge in [-0.05, 0) is 129 Å². The van der Waals surface area contributed by atoms with Gasteiger partial charge in [0.15, 0.2) is 0 Å². The third kappa shape index (κ3) is 4.57. The number of aliphatic hydroxyl groups is 1. The lowest BCUT2D eigenvalue weighted by Gasteiger charge is -2.53. The summed E-state index contributed by atoms with van der Waals surface area (Å²) in [5.41, 5.74) is 2.15. The molecule has 6 rings (SSSR count). The maximum Gasteiger partial charge on any atom is 0.494 e. The molecule has 8 heteroatoms. The molecule has 6 atom stereocenters. The van der Waals surface area contributed by atoms with Gasteiger partial charge in [0.1, 0.15) is 11.6 Å². The molecule has 3 aliphatic carbocycles. The highest BCUT2D eigenvalue weighted by molar-refractivity contribution is 6.62. The van der Waals surface area contributed by atoms with Crippen molar-refractivity contribution in [2.75, 3.05) is 0 Å². The predicted octanol–water partition coefficient (Wildman–Crippen LogP) is 5.97. The number of aliphatic carboxylic acids is 1. The van der Waals surface area contributed by atoms with Crippen LogP contribution in [0.5, 0.6) is 0 Å². The van der Waals surface area contributed by atoms with E-state index in [9.17, 15) is 9.90 Å². The van der Waals surface area contributed by atoms with Gasteiger partial charge in [-0.25, -0.2) is 13.6 Å². The number of carboxylic acids is 1. The molecule has 2 aromatic carbocycles. The van der Waals surface area contributed by atoms with Crippen molar-refractivity contribution in [2.45, 2.75) is 95.9 Å². The summed E-state index contributed by atoms with van der Waals surface area (Å²) in [4.78, 5) is 11.0. The van der Waals surface area contributed by atoms with Crippen LogP contribution < -0.4 is 5.46 Å². The summed E-state index contributed by atoms with van der Waals surface area (Å²) < 4.78 is 44.3. The van der Waals surface area contributed by atoms with Crippen LogP contribution in [0.4, 0.5) is 8.78 Å². The van der Waals surface area contributed by atoms with Gasteiger partial charge in [-0.3, -0.25) is 0 Å². The SMILES string of the molecule is CC12CCC3c4ccc(B5OC(C)(C)C(C)(C)O5)cc4CC(c4c(F)cc(/C=C/C(=O)O)cc4F)C3C1CCC2O. The van der Waals surface area contributed by atoms with Crippen LogP contribution >= 0.6 is 0 Å². The molecule has 0 amide bonds. The first-order valence-electron chi connectivity index (χ1n) is 14.8. The number of hydrogen-bond acceptors (Lipinski definition) is 4. The lowest BCUT2D eigenvalue weighted by molar-refractivity contribution is -0.131. The first-order chi connectivity index (χ1) is 19.2. The second-order valence-corrected chi connectivity index (χ2v) is 13.9. The fourth-order valence-electron chi connectivity index (χ4n) is 8.27. The Morgan fingerprint density at radius 1 is 0.976 bits per heavy atom. The van der Waals surface area contributed by atoms with Gasteiger partial charge < -0.3 is 19.5 Å². The molecule has 4 aliphatic rings. The molecule has 5 nitrogen and oxygen atoms in total. The second kappa shape index (κ2) is 9.75. The van der Waals surface area contributed by atoms with Crippen molar-refractivity contribution in [2.24, 2.45) is 17.3 Å². The van der Waals surface area contributed by atoms with Crippen molar-refractivity contribution < 1.29 is 33.1 Å². The largest absolute Gasteiger partial charge is 0.494 e. The number of rotatable bonds is 4. The lowest BCUT2D eigenvalue weighted by atomic mass is 9.51. The summed E-state index contributed by atoms with van der Waals surface area (Å²) in [7, 11) is -0.533. The Labute approximate surface area is 241 Å². The van der Waals surface area contributed by atoms with Crippen LogP contribution in [-0.4, -0.2) is 40.6 Å². The lowest BCUT2D eigenvalue weighted by Crippen LogP contribution is -2.47. The Morgan fingerprint density at radius 2 is 1.63 bits per heavy atom. The fourth-order valence-corrected chi connectivity index (χ4v) is 8.27. The maximum absolute atomic E-state index is 15.9. The van der Waals surface area contributed by atoms with Gasteiger partial charge in [-0.1, -0.05) is 25.1 Å². The third-order valence-electron chi connectivity index (χ3n) is 11.2. The molecule has 2 saturated carbocycles. The average Bonchev–Trinajstić information content (AvgIpc) is 3.31. The Bertz CT molecular complexity index is 1380. The van der Waals surface area contributed by atoms with Crippen LogP contribution in [0.15, 0.2) is 36.4 Å². The van der Waals surface area contributed by atoms with Gasteiger partial charge in [0.2, 0.25) is 0 Å². The van der Waals surface area contributed by atoms with Crippen LogP contribution in [0.3, 0.4) is 0 Å². The second-order valence-electron chi connectivity index (χ2n) is 13.9. The molecule has 41 heavy (non-hydrogen) atoms. The van der Waals surface area contributed by atoms with Gasteiger partial charge >= 0.3 is 13.1 Å². The Morgan fingerprint density at radius 3 is 2.27 bits per heavy atom. The molecular weight excluding hydrogens is 525 g/mol. The standard InChI is InChI=1S/C33H39BF2O5/c1-31(2)32(3,4)41-34(40-31)20-7-8-21-19(16-20)17-23(29-22(21)12-13-33(5)24(29)9-10-27(33)37)30-25(35)14-18(15-26(30)36)6-11-28(38)39/h6-8,11,14-16,22-24,27,29,37H,9-10,12-13,17H2,1-5H3,(H,38,39)/b11-6+. The Balaban J connectivity index is 1.44. The summed E-state index contributed by atoms with van der Waals surface area (Å²) in [5.74, 6) is -2.68. The number of carbonyl (C=O) groups is 1. The van der Waals surface area contributed by atoms with E-state index in [0.717, 1.165) is 36.4 Å². The molecule has 0 spiro atoms. The van der Waals surface area contributed by atoms with E-state index in [1.54, 1.807) is 0 Å². The molecule has 0 bridgehead atoms. The molecular formula is C33H39BF2O5. The van der Waals surface area contributed by atoms with E-state index < -0.39 is 47.9 Å². The first kappa shape index (κ1) is 28.6. The minimum absolute atomic E-state index is 0.0227. The normalized spacial score (nSPS) is 33.5. The number of halogens is 2. The Kier molecular flexibility index (Phi) is 6.79. The smallest absolute Gasteiger partial charge is 0.478 e. The molecule has 1 heterocycles. The van der Waals surface area contributed by atoms with E-state index in [4.69, 9.17) is 14.4 Å². The molecule has 3 fully saturated rings. The van der Waals surface area contributed by atoms with E-state index in [-0.39, 0.29) is 34.3 Å². The summed E-state index contributed by atoms with van der Waals surface area (Å²) in [6.07, 6.45) is 5.38.